The summed E-state index contributed by atoms with van der Waals surface area (Å²) in [4.78, 5) is 20.4. The number of aliphatic carboxylic acids is 2. The first-order valence-corrected chi connectivity index (χ1v) is 3.75. The molecule has 6 nitrogen and oxygen atoms in total. The summed E-state index contributed by atoms with van der Waals surface area (Å²) < 4.78 is 0. The zero-order chi connectivity index (χ0) is 10.4. The molecule has 0 fully saturated rings. The fraction of sp³-hybridized carbons (Fsp3) is 0.714. The predicted molar refractivity (Wildman–Crippen MR) is 38.1 cm³/mol. The first-order valence-electron chi connectivity index (χ1n) is 3.75. The van der Waals surface area contributed by atoms with Crippen LogP contribution >= 0.6 is 0 Å². The smallest absolute Gasteiger partial charge is 0.550 e. The Bertz CT molecular complexity index is 200. The maximum Gasteiger partial charge on any atom is 1.00 e. The van der Waals surface area contributed by atoms with E-state index in [1.165, 1.54) is 6.92 Å². The average molecular weight is 235 g/mol. The van der Waals surface area contributed by atoms with Gasteiger partial charge in [0.15, 0.2) is 0 Å². The third-order valence-corrected chi connectivity index (χ3v) is 1.31. The Balaban J connectivity index is -0.000000720. The molecule has 0 heterocycles. The molecule has 2 atom stereocenters. The number of rotatable bonds is 6. The van der Waals surface area contributed by atoms with Crippen LogP contribution in [0.3, 0.4) is 0 Å². The van der Waals surface area contributed by atoms with Crippen LogP contribution in [0.5, 0.6) is 0 Å². The number of carboxylic acid groups (broad SMARTS) is 2. The predicted octanol–water partition coefficient (Wildman–Crippen LogP) is -9.78. The number of carbonyl (C=O) groups excluding carboxylic acids is 2. The Morgan fingerprint density at radius 2 is 1.80 bits per heavy atom. The molecular weight excluding hydrogens is 224 g/mol. The van der Waals surface area contributed by atoms with Crippen molar-refractivity contribution >= 4 is 11.9 Å². The normalized spacial score (nSPS) is 12.9. The molecule has 15 heavy (non-hydrogen) atoms. The van der Waals surface area contributed by atoms with Crippen molar-refractivity contribution in [1.82, 2.24) is 5.32 Å². The van der Waals surface area contributed by atoms with Gasteiger partial charge in [-0.2, -0.15) is 0 Å². The Labute approximate surface area is 132 Å². The molecule has 0 amide bonds. The summed E-state index contributed by atoms with van der Waals surface area (Å²) in [7, 11) is 0. The first-order chi connectivity index (χ1) is 5.93. The Kier molecular flexibility index (Phi) is 16.0. The zero-order valence-electron chi connectivity index (χ0n) is 9.15. The van der Waals surface area contributed by atoms with Crippen molar-refractivity contribution in [3.8, 4) is 0 Å². The van der Waals surface area contributed by atoms with E-state index in [9.17, 15) is 19.8 Å². The standard InChI is InChI=1S/C7H13NO5.2Na/c1-4(9)3-8-5(7(12)13)2-6(10)11;;/h4-5,8-9H,2-3H2,1H3,(H,10,11)(H,12,13);;/q;2*+1/p-2/t4?,5-;;/m0../s1. The van der Waals surface area contributed by atoms with Gasteiger partial charge >= 0.3 is 59.1 Å². The maximum absolute atomic E-state index is 10.3. The van der Waals surface area contributed by atoms with Gasteiger partial charge in [-0.25, -0.2) is 0 Å². The van der Waals surface area contributed by atoms with Crippen molar-refractivity contribution in [1.29, 1.82) is 0 Å². The minimum Gasteiger partial charge on any atom is -0.550 e. The fourth-order valence-corrected chi connectivity index (χ4v) is 0.718. The fourth-order valence-electron chi connectivity index (χ4n) is 0.718. The maximum atomic E-state index is 10.3. The minimum absolute atomic E-state index is 0. The van der Waals surface area contributed by atoms with Crippen molar-refractivity contribution < 1.29 is 84.0 Å². The van der Waals surface area contributed by atoms with Crippen LogP contribution in [-0.2, 0) is 9.59 Å². The number of carbonyl (C=O) groups is 2. The van der Waals surface area contributed by atoms with Crippen molar-refractivity contribution in [2.45, 2.75) is 25.5 Å². The summed E-state index contributed by atoms with van der Waals surface area (Å²) in [5.41, 5.74) is 0. The van der Waals surface area contributed by atoms with Gasteiger partial charge in [0.1, 0.15) is 0 Å². The molecule has 76 valence electrons. The van der Waals surface area contributed by atoms with Gasteiger partial charge < -0.3 is 30.2 Å². The topological polar surface area (TPSA) is 113 Å². The van der Waals surface area contributed by atoms with Crippen LogP contribution in [0, 0.1) is 0 Å². The second-order valence-corrected chi connectivity index (χ2v) is 2.71. The molecule has 0 aliphatic carbocycles. The van der Waals surface area contributed by atoms with Gasteiger partial charge in [0.2, 0.25) is 0 Å². The summed E-state index contributed by atoms with van der Waals surface area (Å²) in [6.07, 6.45) is -1.42. The van der Waals surface area contributed by atoms with E-state index in [4.69, 9.17) is 5.11 Å². The molecule has 0 aliphatic heterocycles. The molecule has 2 N–H and O–H groups in total. The van der Waals surface area contributed by atoms with Crippen LogP contribution in [0.15, 0.2) is 0 Å². The molecular formula is C7H11NNa2O5. The van der Waals surface area contributed by atoms with Gasteiger partial charge in [-0.15, -0.1) is 0 Å². The van der Waals surface area contributed by atoms with Gasteiger partial charge in [-0.1, -0.05) is 0 Å². The molecule has 0 saturated heterocycles. The van der Waals surface area contributed by atoms with E-state index >= 15 is 0 Å². The monoisotopic (exact) mass is 235 g/mol. The third kappa shape index (κ3) is 12.8. The van der Waals surface area contributed by atoms with E-state index < -0.39 is 30.5 Å². The molecule has 0 spiro atoms. The summed E-state index contributed by atoms with van der Waals surface area (Å²) in [6.45, 7) is 1.43. The van der Waals surface area contributed by atoms with E-state index in [0.717, 1.165) is 0 Å². The average Bonchev–Trinajstić information content (AvgIpc) is 1.96. The van der Waals surface area contributed by atoms with Crippen LogP contribution in [0.25, 0.3) is 0 Å². The molecule has 1 unspecified atom stereocenters. The number of hydrogen-bond donors (Lipinski definition) is 2. The van der Waals surface area contributed by atoms with Gasteiger partial charge in [0.25, 0.3) is 0 Å². The first kappa shape index (κ1) is 21.2. The Morgan fingerprint density at radius 1 is 1.33 bits per heavy atom. The largest absolute Gasteiger partial charge is 1.00 e. The summed E-state index contributed by atoms with van der Waals surface area (Å²) in [6, 6.07) is -1.32. The molecule has 0 aromatic heterocycles. The van der Waals surface area contributed by atoms with E-state index in [2.05, 4.69) is 5.32 Å². The Morgan fingerprint density at radius 3 is 2.07 bits per heavy atom. The minimum atomic E-state index is -1.52. The molecule has 0 radical (unpaired) electrons. The van der Waals surface area contributed by atoms with Crippen molar-refractivity contribution in [2.24, 2.45) is 0 Å². The van der Waals surface area contributed by atoms with E-state index in [1.807, 2.05) is 0 Å². The van der Waals surface area contributed by atoms with Gasteiger partial charge in [0.05, 0.1) is 18.1 Å². The second kappa shape index (κ2) is 11.3. The summed E-state index contributed by atoms with van der Waals surface area (Å²) in [5, 5.41) is 31.5. The molecule has 0 bridgehead atoms. The summed E-state index contributed by atoms with van der Waals surface area (Å²) >= 11 is 0. The van der Waals surface area contributed by atoms with Crippen LogP contribution in [0.4, 0.5) is 0 Å². The number of hydrogen-bond acceptors (Lipinski definition) is 6. The van der Waals surface area contributed by atoms with E-state index in [1.54, 1.807) is 0 Å². The van der Waals surface area contributed by atoms with Crippen LogP contribution in [-0.4, -0.2) is 35.7 Å². The van der Waals surface area contributed by atoms with Gasteiger partial charge in [-0.05, 0) is 6.92 Å². The molecule has 0 aromatic carbocycles. The Hall–Kier alpha value is 0.860. The van der Waals surface area contributed by atoms with Crippen LogP contribution < -0.4 is 74.6 Å². The second-order valence-electron chi connectivity index (χ2n) is 2.71. The molecule has 0 rings (SSSR count). The van der Waals surface area contributed by atoms with Crippen LogP contribution in [0.1, 0.15) is 13.3 Å². The number of carboxylic acids is 2. The number of aliphatic hydroxyl groups is 1. The van der Waals surface area contributed by atoms with Crippen molar-refractivity contribution in [3.63, 3.8) is 0 Å². The molecule has 0 aliphatic rings. The van der Waals surface area contributed by atoms with Crippen molar-refractivity contribution in [2.75, 3.05) is 6.54 Å². The van der Waals surface area contributed by atoms with E-state index in [0.29, 0.717) is 0 Å². The number of nitrogens with one attached hydrogen (secondary N) is 1. The number of aliphatic hydroxyl groups excluding tert-OH is 1. The quantitative estimate of drug-likeness (QED) is 0.442. The third-order valence-electron chi connectivity index (χ3n) is 1.31. The van der Waals surface area contributed by atoms with Gasteiger partial charge in [0, 0.05) is 18.9 Å². The van der Waals surface area contributed by atoms with E-state index in [-0.39, 0.29) is 65.7 Å². The molecule has 0 aromatic rings. The van der Waals surface area contributed by atoms with Crippen LogP contribution in [0.2, 0.25) is 0 Å². The van der Waals surface area contributed by atoms with Gasteiger partial charge in [-0.3, -0.25) is 0 Å². The zero-order valence-corrected chi connectivity index (χ0v) is 13.1. The van der Waals surface area contributed by atoms with Crippen molar-refractivity contribution in [3.05, 3.63) is 0 Å². The SMILES string of the molecule is CC(O)CN[C@@H](CC(=O)[O-])C(=O)[O-].[Na+].[Na+]. The summed E-state index contributed by atoms with van der Waals surface area (Å²) in [5.74, 6) is -3.00. The molecule has 0 saturated carbocycles. The molecule has 8 heteroatoms.